The van der Waals surface area contributed by atoms with Gasteiger partial charge in [0, 0.05) is 88.0 Å². The van der Waals surface area contributed by atoms with Crippen LogP contribution in [0.5, 0.6) is 0 Å². The van der Waals surface area contributed by atoms with E-state index in [0.29, 0.717) is 6.04 Å². The zero-order valence-electron chi connectivity index (χ0n) is 33.4. The number of hydrogen-bond donors (Lipinski definition) is 1. The van der Waals surface area contributed by atoms with Crippen molar-refractivity contribution in [3.05, 3.63) is 0 Å². The quantitative estimate of drug-likeness (QED) is 0.321. The van der Waals surface area contributed by atoms with Gasteiger partial charge in [-0.15, -0.1) is 0 Å². The van der Waals surface area contributed by atoms with E-state index in [-0.39, 0.29) is 7.43 Å². The van der Waals surface area contributed by atoms with Crippen molar-refractivity contribution in [1.29, 1.82) is 0 Å². The minimum absolute atomic E-state index is 0. The third kappa shape index (κ3) is 33.8. The lowest BCUT2D eigenvalue weighted by molar-refractivity contribution is 0.0238. The van der Waals surface area contributed by atoms with Crippen LogP contribution < -0.4 is 5.32 Å². The highest BCUT2D eigenvalue weighted by Crippen LogP contribution is 2.11. The molecule has 0 aromatic rings. The van der Waals surface area contributed by atoms with E-state index in [1.165, 1.54) is 70.0 Å². The molecule has 4 aliphatic rings. The number of piperazine rings is 1. The summed E-state index contributed by atoms with van der Waals surface area (Å²) < 4.78 is 5.21. The van der Waals surface area contributed by atoms with Gasteiger partial charge >= 0.3 is 0 Å². The molecule has 1 N–H and O–H groups in total. The fourth-order valence-electron chi connectivity index (χ4n) is 4.82. The number of thioether (sulfide) groups is 1. The van der Waals surface area contributed by atoms with Gasteiger partial charge in [0.15, 0.2) is 0 Å². The van der Waals surface area contributed by atoms with E-state index in [1.807, 2.05) is 55.4 Å². The van der Waals surface area contributed by atoms with Gasteiger partial charge in [-0.3, -0.25) is 14.7 Å². The molecule has 45 heavy (non-hydrogen) atoms. The summed E-state index contributed by atoms with van der Waals surface area (Å²) in [7, 11) is 0. The van der Waals surface area contributed by atoms with Crippen molar-refractivity contribution in [2.45, 2.75) is 162 Å². The lowest BCUT2D eigenvalue weighted by Gasteiger charge is -2.30. The topological polar surface area (TPSA) is 34.2 Å². The number of hydrogen-bond acceptors (Lipinski definition) is 7. The van der Waals surface area contributed by atoms with Crippen molar-refractivity contribution in [3.63, 3.8) is 0 Å². The molecule has 4 saturated heterocycles. The van der Waals surface area contributed by atoms with Crippen LogP contribution in [-0.4, -0.2) is 134 Å². The molecule has 0 atom stereocenters. The second-order valence-electron chi connectivity index (χ2n) is 11.6. The van der Waals surface area contributed by atoms with E-state index in [9.17, 15) is 0 Å². The van der Waals surface area contributed by atoms with Crippen LogP contribution in [0.25, 0.3) is 0 Å². The summed E-state index contributed by atoms with van der Waals surface area (Å²) >= 11 is 2.07. The van der Waals surface area contributed by atoms with E-state index >= 15 is 0 Å². The number of rotatable bonds is 4. The highest BCUT2D eigenvalue weighted by molar-refractivity contribution is 7.99. The predicted molar refractivity (Wildman–Crippen MR) is 214 cm³/mol. The molecule has 7 heteroatoms. The number of ether oxygens (including phenoxy) is 1. The molecule has 0 aromatic heterocycles. The van der Waals surface area contributed by atoms with Crippen LogP contribution in [0, 0.1) is 0 Å². The maximum absolute atomic E-state index is 5.21. The Morgan fingerprint density at radius 1 is 0.444 bits per heavy atom. The first-order chi connectivity index (χ1) is 21.2. The minimum Gasteiger partial charge on any atom is -0.379 e. The van der Waals surface area contributed by atoms with Crippen LogP contribution in [-0.2, 0) is 4.74 Å². The van der Waals surface area contributed by atoms with E-state index in [2.05, 4.69) is 92.1 Å². The van der Waals surface area contributed by atoms with Crippen molar-refractivity contribution in [3.8, 4) is 0 Å². The molecular weight excluding hydrogens is 575 g/mol. The number of morpholine rings is 1. The molecule has 0 aromatic carbocycles. The van der Waals surface area contributed by atoms with E-state index < -0.39 is 0 Å². The van der Waals surface area contributed by atoms with Gasteiger partial charge in [0.25, 0.3) is 0 Å². The summed E-state index contributed by atoms with van der Waals surface area (Å²) in [5, 5.41) is 3.33. The first-order valence-corrected chi connectivity index (χ1v) is 20.2. The summed E-state index contributed by atoms with van der Waals surface area (Å²) in [5.41, 5.74) is 0. The fraction of sp³-hybridized carbons (Fsp3) is 1.00. The average Bonchev–Trinajstić information content (AvgIpc) is 3.11. The Hall–Kier alpha value is 0.110. The molecule has 0 amide bonds. The van der Waals surface area contributed by atoms with Crippen LogP contribution in [0.15, 0.2) is 0 Å². The number of nitrogens with zero attached hydrogens (tertiary/aromatic N) is 4. The second-order valence-corrected chi connectivity index (χ2v) is 12.8. The van der Waals surface area contributed by atoms with Crippen LogP contribution >= 0.6 is 11.8 Å². The van der Waals surface area contributed by atoms with E-state index in [4.69, 9.17) is 4.74 Å². The minimum atomic E-state index is 0. The highest BCUT2D eigenvalue weighted by Gasteiger charge is 2.14. The third-order valence-electron chi connectivity index (χ3n) is 7.55. The van der Waals surface area contributed by atoms with Gasteiger partial charge in [-0.2, -0.15) is 11.8 Å². The van der Waals surface area contributed by atoms with E-state index in [1.54, 1.807) is 0 Å². The van der Waals surface area contributed by atoms with Crippen molar-refractivity contribution < 1.29 is 4.74 Å². The first kappa shape index (κ1) is 54.6. The molecule has 0 bridgehead atoms. The number of likely N-dealkylation sites (tertiary alicyclic amines) is 1. The Bertz CT molecular complexity index is 397. The summed E-state index contributed by atoms with van der Waals surface area (Å²) in [5.74, 6) is 2.66. The molecular formula is C38H91N5OS. The van der Waals surface area contributed by atoms with Crippen molar-refractivity contribution in [1.82, 2.24) is 24.9 Å². The third-order valence-corrected chi connectivity index (χ3v) is 8.50. The van der Waals surface area contributed by atoms with Crippen LogP contribution in [0.2, 0.25) is 0 Å². The van der Waals surface area contributed by atoms with Crippen molar-refractivity contribution >= 4 is 11.8 Å². The fourth-order valence-corrected chi connectivity index (χ4v) is 5.75. The van der Waals surface area contributed by atoms with Gasteiger partial charge in [0.2, 0.25) is 0 Å². The molecule has 280 valence electrons. The maximum atomic E-state index is 5.21. The second kappa shape index (κ2) is 42.1. The summed E-state index contributed by atoms with van der Waals surface area (Å²) in [4.78, 5) is 10.0. The Morgan fingerprint density at radius 2 is 0.756 bits per heavy atom. The molecule has 4 heterocycles. The summed E-state index contributed by atoms with van der Waals surface area (Å²) in [6, 6.07) is 2.94. The molecule has 0 saturated carbocycles. The van der Waals surface area contributed by atoms with Gasteiger partial charge in [0.1, 0.15) is 0 Å². The molecule has 0 unspecified atom stereocenters. The molecule has 0 radical (unpaired) electrons. The van der Waals surface area contributed by atoms with Crippen LogP contribution in [0.3, 0.4) is 0 Å². The summed E-state index contributed by atoms with van der Waals surface area (Å²) in [6.45, 7) is 48.1. The number of piperidine rings is 1. The standard InChI is InChI=1S/C8H17N.C7H16N2.C7H15NO.C7H15NS.4C2H6.CH4/c1-8(2)9-6-4-3-5-7-9;1-7(2)9-5-3-8-4-6-9;2*1-7(2)8-3-5-9-6-4-8;4*1-2;/h8H,3-7H2,1-2H3;7-8H,3-6H2,1-2H3;2*7H,3-6H2,1-2H3;4*1-2H3;1H4. The monoisotopic (exact) mass is 666 g/mol. The predicted octanol–water partition coefficient (Wildman–Crippen LogP) is 9.09. The Kier molecular flexibility index (Phi) is 51.1. The van der Waals surface area contributed by atoms with Crippen LogP contribution in [0.4, 0.5) is 0 Å². The van der Waals surface area contributed by atoms with Gasteiger partial charge in [-0.25, -0.2) is 0 Å². The lowest BCUT2D eigenvalue weighted by Crippen LogP contribution is -2.46. The summed E-state index contributed by atoms with van der Waals surface area (Å²) in [6.07, 6.45) is 4.28. The molecule has 4 rings (SSSR count). The van der Waals surface area contributed by atoms with E-state index in [0.717, 1.165) is 57.5 Å². The zero-order chi connectivity index (χ0) is 34.8. The smallest absolute Gasteiger partial charge is 0.0594 e. The molecule has 4 fully saturated rings. The highest BCUT2D eigenvalue weighted by atomic mass is 32.2. The Labute approximate surface area is 292 Å². The van der Waals surface area contributed by atoms with Gasteiger partial charge < -0.3 is 15.0 Å². The Morgan fingerprint density at radius 3 is 1.02 bits per heavy atom. The normalized spacial score (nSPS) is 18.9. The molecule has 0 spiro atoms. The number of nitrogens with one attached hydrogen (secondary N) is 1. The lowest BCUT2D eigenvalue weighted by atomic mass is 10.1. The SMILES string of the molecule is C.CC.CC.CC.CC.CC(C)N1CCCCC1.CC(C)N1CCNCC1.CC(C)N1CCOCC1.CC(C)N1CCSCC1. The maximum Gasteiger partial charge on any atom is 0.0594 e. The van der Waals surface area contributed by atoms with Crippen LogP contribution in [0.1, 0.15) is 137 Å². The van der Waals surface area contributed by atoms with Gasteiger partial charge in [-0.1, -0.05) is 69.2 Å². The van der Waals surface area contributed by atoms with Gasteiger partial charge in [-0.05, 0) is 81.3 Å². The van der Waals surface area contributed by atoms with Crippen molar-refractivity contribution in [2.75, 3.05) is 90.2 Å². The zero-order valence-corrected chi connectivity index (χ0v) is 34.3. The first-order valence-electron chi connectivity index (χ1n) is 19.0. The molecule has 6 nitrogen and oxygen atoms in total. The molecule has 0 aliphatic carbocycles. The van der Waals surface area contributed by atoms with Gasteiger partial charge in [0.05, 0.1) is 13.2 Å². The molecule has 4 aliphatic heterocycles. The Balaban J connectivity index is -0.000000146. The van der Waals surface area contributed by atoms with Crippen molar-refractivity contribution in [2.24, 2.45) is 0 Å². The largest absolute Gasteiger partial charge is 0.379 e. The average molecular weight is 666 g/mol.